The zero-order valence-electron chi connectivity index (χ0n) is 5.61. The van der Waals surface area contributed by atoms with Crippen molar-refractivity contribution in [3.05, 3.63) is 18.6 Å². The third-order valence-electron chi connectivity index (χ3n) is 1.26. The number of hydrogen-bond acceptors (Lipinski definition) is 3. The molecule has 0 saturated heterocycles. The Morgan fingerprint density at radius 3 is 2.91 bits per heavy atom. The maximum Gasteiger partial charge on any atom is 0.149 e. The second-order valence-corrected chi connectivity index (χ2v) is 4.03. The van der Waals surface area contributed by atoms with E-state index >= 15 is 0 Å². The molecule has 2 aromatic heterocycles. The van der Waals surface area contributed by atoms with Crippen LogP contribution in [0.15, 0.2) is 18.6 Å². The molecule has 0 fully saturated rings. The molecular formula is C6H6N3PS. The van der Waals surface area contributed by atoms with E-state index in [4.69, 9.17) is 0 Å². The van der Waals surface area contributed by atoms with Gasteiger partial charge in [-0.1, -0.05) is 9.24 Å². The van der Waals surface area contributed by atoms with Gasteiger partial charge in [-0.15, -0.1) is 11.3 Å². The SMILES string of the molecule is Pc1ncc(-c2ncc[nH]2)s1. The first-order valence-corrected chi connectivity index (χ1v) is 4.47. The lowest BCUT2D eigenvalue weighted by molar-refractivity contribution is 1.32. The summed E-state index contributed by atoms with van der Waals surface area (Å²) in [6.45, 7) is 0. The van der Waals surface area contributed by atoms with Gasteiger partial charge in [-0.05, 0) is 0 Å². The van der Waals surface area contributed by atoms with Crippen LogP contribution in [0.2, 0.25) is 0 Å². The number of rotatable bonds is 1. The molecule has 5 heteroatoms. The summed E-state index contributed by atoms with van der Waals surface area (Å²) in [4.78, 5) is 12.3. The largest absolute Gasteiger partial charge is 0.344 e. The smallest absolute Gasteiger partial charge is 0.149 e. The zero-order chi connectivity index (χ0) is 7.68. The Kier molecular flexibility index (Phi) is 1.72. The summed E-state index contributed by atoms with van der Waals surface area (Å²) in [5.41, 5.74) is 0. The molecule has 2 rings (SSSR count). The minimum Gasteiger partial charge on any atom is -0.344 e. The van der Waals surface area contributed by atoms with Gasteiger partial charge in [0.1, 0.15) is 10.6 Å². The molecule has 0 aromatic carbocycles. The maximum absolute atomic E-state index is 4.11. The molecule has 0 aliphatic rings. The third-order valence-corrected chi connectivity index (χ3v) is 2.59. The van der Waals surface area contributed by atoms with Gasteiger partial charge < -0.3 is 4.98 Å². The fourth-order valence-electron chi connectivity index (χ4n) is 0.797. The molecule has 0 radical (unpaired) electrons. The van der Waals surface area contributed by atoms with E-state index in [9.17, 15) is 0 Å². The van der Waals surface area contributed by atoms with Crippen LogP contribution in [0.3, 0.4) is 0 Å². The van der Waals surface area contributed by atoms with Crippen LogP contribution in [0, 0.1) is 0 Å². The van der Waals surface area contributed by atoms with Crippen molar-refractivity contribution in [3.63, 3.8) is 0 Å². The van der Waals surface area contributed by atoms with E-state index in [1.165, 1.54) is 0 Å². The van der Waals surface area contributed by atoms with Crippen molar-refractivity contribution < 1.29 is 0 Å². The van der Waals surface area contributed by atoms with E-state index in [0.29, 0.717) is 0 Å². The van der Waals surface area contributed by atoms with Crippen molar-refractivity contribution >= 4 is 25.3 Å². The molecule has 3 nitrogen and oxygen atoms in total. The molecule has 0 aliphatic carbocycles. The van der Waals surface area contributed by atoms with Crippen molar-refractivity contribution in [1.29, 1.82) is 0 Å². The molecule has 1 N–H and O–H groups in total. The van der Waals surface area contributed by atoms with Crippen LogP contribution in [0.1, 0.15) is 0 Å². The van der Waals surface area contributed by atoms with Crippen molar-refractivity contribution in [2.45, 2.75) is 0 Å². The van der Waals surface area contributed by atoms with E-state index in [0.717, 1.165) is 15.5 Å². The highest BCUT2D eigenvalue weighted by Gasteiger charge is 2.01. The Bertz CT molecular complexity index is 340. The van der Waals surface area contributed by atoms with Gasteiger partial charge in [0.05, 0.1) is 4.88 Å². The fraction of sp³-hybridized carbons (Fsp3) is 0. The van der Waals surface area contributed by atoms with Crippen LogP contribution in [0.4, 0.5) is 0 Å². The van der Waals surface area contributed by atoms with Crippen LogP contribution >= 0.6 is 20.6 Å². The monoisotopic (exact) mass is 183 g/mol. The molecule has 0 saturated carbocycles. The van der Waals surface area contributed by atoms with Gasteiger partial charge in [0.15, 0.2) is 0 Å². The summed E-state index contributed by atoms with van der Waals surface area (Å²) in [6, 6.07) is 0. The van der Waals surface area contributed by atoms with E-state index < -0.39 is 0 Å². The van der Waals surface area contributed by atoms with Gasteiger partial charge >= 0.3 is 0 Å². The van der Waals surface area contributed by atoms with Gasteiger partial charge in [0, 0.05) is 18.6 Å². The minimum absolute atomic E-state index is 0.885. The Morgan fingerprint density at radius 1 is 1.45 bits per heavy atom. The highest BCUT2D eigenvalue weighted by atomic mass is 32.1. The van der Waals surface area contributed by atoms with Crippen molar-refractivity contribution in [1.82, 2.24) is 15.0 Å². The van der Waals surface area contributed by atoms with E-state index in [1.807, 2.05) is 6.20 Å². The van der Waals surface area contributed by atoms with Crippen LogP contribution in [-0.2, 0) is 0 Å². The molecule has 0 aliphatic heterocycles. The first kappa shape index (κ1) is 6.95. The van der Waals surface area contributed by atoms with Gasteiger partial charge in [0.25, 0.3) is 0 Å². The highest BCUT2D eigenvalue weighted by molar-refractivity contribution is 7.43. The zero-order valence-corrected chi connectivity index (χ0v) is 7.58. The average Bonchev–Trinajstić information content (AvgIpc) is 2.55. The van der Waals surface area contributed by atoms with Gasteiger partial charge in [-0.25, -0.2) is 9.97 Å². The normalized spacial score (nSPS) is 10.3. The number of thiazole rings is 1. The second-order valence-electron chi connectivity index (χ2n) is 2.00. The summed E-state index contributed by atoms with van der Waals surface area (Å²) in [5, 5.41) is 0. The average molecular weight is 183 g/mol. The van der Waals surface area contributed by atoms with E-state index in [-0.39, 0.29) is 0 Å². The Hall–Kier alpha value is -0.730. The van der Waals surface area contributed by atoms with Crippen LogP contribution in [0.5, 0.6) is 0 Å². The molecule has 1 atom stereocenters. The topological polar surface area (TPSA) is 41.6 Å². The number of nitrogens with zero attached hydrogens (tertiary/aromatic N) is 2. The molecule has 0 amide bonds. The number of aromatic amines is 1. The maximum atomic E-state index is 4.11. The molecule has 1 unspecified atom stereocenters. The molecule has 56 valence electrons. The van der Waals surface area contributed by atoms with Crippen LogP contribution in [0.25, 0.3) is 10.7 Å². The quantitative estimate of drug-likeness (QED) is 0.671. The summed E-state index contributed by atoms with van der Waals surface area (Å²) in [5.74, 6) is 0.885. The highest BCUT2D eigenvalue weighted by Crippen LogP contribution is 2.17. The molecular weight excluding hydrogens is 177 g/mol. The van der Waals surface area contributed by atoms with E-state index in [1.54, 1.807) is 23.7 Å². The standard InChI is InChI=1S/C6H6N3PS/c10-6-9-3-4(11-6)5-7-1-2-8-5/h1-3H,10H2,(H,7,8). The molecule has 11 heavy (non-hydrogen) atoms. The third kappa shape index (κ3) is 1.32. The number of H-pyrrole nitrogens is 1. The molecule has 0 spiro atoms. The number of nitrogens with one attached hydrogen (secondary N) is 1. The van der Waals surface area contributed by atoms with Crippen LogP contribution < -0.4 is 4.75 Å². The van der Waals surface area contributed by atoms with Crippen molar-refractivity contribution in [3.8, 4) is 10.7 Å². The van der Waals surface area contributed by atoms with Crippen LogP contribution in [-0.4, -0.2) is 15.0 Å². The lowest BCUT2D eigenvalue weighted by atomic mass is 10.5. The predicted molar refractivity (Wildman–Crippen MR) is 49.0 cm³/mol. The lowest BCUT2D eigenvalue weighted by Crippen LogP contribution is -1.79. The molecule has 0 bridgehead atoms. The van der Waals surface area contributed by atoms with Crippen molar-refractivity contribution in [2.75, 3.05) is 0 Å². The summed E-state index contributed by atoms with van der Waals surface area (Å²) in [7, 11) is 2.56. The Morgan fingerprint density at radius 2 is 2.36 bits per heavy atom. The predicted octanol–water partition coefficient (Wildman–Crippen LogP) is 1.03. The lowest BCUT2D eigenvalue weighted by Gasteiger charge is -1.84. The summed E-state index contributed by atoms with van der Waals surface area (Å²) in [6.07, 6.45) is 5.35. The molecule has 2 heterocycles. The minimum atomic E-state index is 0.885. The first-order valence-electron chi connectivity index (χ1n) is 3.07. The number of imidazole rings is 1. The van der Waals surface area contributed by atoms with Gasteiger partial charge in [0.2, 0.25) is 0 Å². The van der Waals surface area contributed by atoms with Crippen molar-refractivity contribution in [2.24, 2.45) is 0 Å². The van der Waals surface area contributed by atoms with Gasteiger partial charge in [-0.2, -0.15) is 0 Å². The number of hydrogen-bond donors (Lipinski definition) is 1. The Labute approximate surface area is 70.1 Å². The first-order chi connectivity index (χ1) is 5.36. The van der Waals surface area contributed by atoms with Gasteiger partial charge in [-0.3, -0.25) is 0 Å². The van der Waals surface area contributed by atoms with E-state index in [2.05, 4.69) is 24.2 Å². The fourth-order valence-corrected chi connectivity index (χ4v) is 1.90. The second kappa shape index (κ2) is 2.72. The Balaban J connectivity index is 2.45. The number of aromatic nitrogens is 3. The summed E-state index contributed by atoms with van der Waals surface area (Å²) < 4.78 is 0.983. The molecule has 2 aromatic rings. The summed E-state index contributed by atoms with van der Waals surface area (Å²) >= 11 is 1.60.